The molecule has 0 aromatic carbocycles. The fraction of sp³-hybridized carbons (Fsp3) is 0.286. The van der Waals surface area contributed by atoms with Crippen LogP contribution in [0.5, 0.6) is 0 Å². The molecule has 20 heavy (non-hydrogen) atoms. The molecule has 104 valence electrons. The molecule has 1 atom stereocenters. The van der Waals surface area contributed by atoms with Crippen molar-refractivity contribution in [3.63, 3.8) is 0 Å². The van der Waals surface area contributed by atoms with Crippen molar-refractivity contribution in [2.24, 2.45) is 0 Å². The molecule has 3 rings (SSSR count). The molecule has 1 fully saturated rings. The number of halogens is 2. The first-order valence-corrected chi connectivity index (χ1v) is 8.01. The lowest BCUT2D eigenvalue weighted by Gasteiger charge is -2.24. The van der Waals surface area contributed by atoms with Gasteiger partial charge >= 0.3 is 0 Å². The van der Waals surface area contributed by atoms with Gasteiger partial charge < -0.3 is 4.90 Å². The van der Waals surface area contributed by atoms with Crippen molar-refractivity contribution in [1.29, 1.82) is 0 Å². The van der Waals surface area contributed by atoms with E-state index >= 15 is 0 Å². The summed E-state index contributed by atoms with van der Waals surface area (Å²) in [4.78, 5) is 18.4. The van der Waals surface area contributed by atoms with Gasteiger partial charge in [-0.25, -0.2) is 4.98 Å². The highest BCUT2D eigenvalue weighted by atomic mass is 35.5. The molecule has 1 unspecified atom stereocenters. The number of pyridine rings is 1. The van der Waals surface area contributed by atoms with E-state index in [2.05, 4.69) is 16.4 Å². The van der Waals surface area contributed by atoms with Crippen molar-refractivity contribution in [1.82, 2.24) is 9.88 Å². The van der Waals surface area contributed by atoms with Gasteiger partial charge in [-0.05, 0) is 41.3 Å². The van der Waals surface area contributed by atoms with Gasteiger partial charge in [0.2, 0.25) is 0 Å². The number of nitrogens with zero attached hydrogens (tertiary/aromatic N) is 2. The first kappa shape index (κ1) is 13.9. The average molecular weight is 327 g/mol. The third-order valence-electron chi connectivity index (χ3n) is 3.49. The Morgan fingerprint density at radius 1 is 1.45 bits per heavy atom. The third kappa shape index (κ3) is 2.55. The van der Waals surface area contributed by atoms with E-state index in [0.29, 0.717) is 10.6 Å². The Bertz CT molecular complexity index is 630. The summed E-state index contributed by atoms with van der Waals surface area (Å²) in [6.45, 7) is 0.746. The van der Waals surface area contributed by atoms with Gasteiger partial charge in [-0.3, -0.25) is 4.79 Å². The summed E-state index contributed by atoms with van der Waals surface area (Å²) in [5, 5.41) is 4.75. The molecule has 0 aliphatic carbocycles. The first-order chi connectivity index (χ1) is 9.66. The van der Waals surface area contributed by atoms with Gasteiger partial charge in [0.05, 0.1) is 16.6 Å². The lowest BCUT2D eigenvalue weighted by Crippen LogP contribution is -2.30. The molecule has 0 spiro atoms. The smallest absolute Gasteiger partial charge is 0.256 e. The van der Waals surface area contributed by atoms with Crippen LogP contribution in [0.3, 0.4) is 0 Å². The van der Waals surface area contributed by atoms with Gasteiger partial charge in [-0.1, -0.05) is 23.2 Å². The van der Waals surface area contributed by atoms with Crippen LogP contribution in [0.25, 0.3) is 0 Å². The Balaban J connectivity index is 1.91. The van der Waals surface area contributed by atoms with E-state index in [4.69, 9.17) is 23.2 Å². The van der Waals surface area contributed by atoms with Crippen LogP contribution in [0.1, 0.15) is 34.8 Å². The molecular formula is C14H12Cl2N2OS. The van der Waals surface area contributed by atoms with Crippen molar-refractivity contribution in [2.45, 2.75) is 18.9 Å². The van der Waals surface area contributed by atoms with Crippen molar-refractivity contribution >= 4 is 40.4 Å². The minimum atomic E-state index is -0.0759. The second-order valence-electron chi connectivity index (χ2n) is 4.70. The molecule has 0 saturated carbocycles. The molecule has 0 bridgehead atoms. The molecule has 3 nitrogen and oxygen atoms in total. The highest BCUT2D eigenvalue weighted by Gasteiger charge is 2.31. The van der Waals surface area contributed by atoms with E-state index in [9.17, 15) is 4.79 Å². The molecule has 1 amide bonds. The number of thiophene rings is 1. The van der Waals surface area contributed by atoms with Crippen LogP contribution in [0.4, 0.5) is 0 Å². The number of aromatic nitrogens is 1. The number of amides is 1. The maximum Gasteiger partial charge on any atom is 0.256 e. The van der Waals surface area contributed by atoms with Gasteiger partial charge in [-0.15, -0.1) is 0 Å². The van der Waals surface area contributed by atoms with E-state index in [1.807, 2.05) is 10.3 Å². The lowest BCUT2D eigenvalue weighted by molar-refractivity contribution is 0.0736. The fourth-order valence-electron chi connectivity index (χ4n) is 2.55. The fourth-order valence-corrected chi connectivity index (χ4v) is 3.60. The van der Waals surface area contributed by atoms with Gasteiger partial charge in [0, 0.05) is 12.7 Å². The van der Waals surface area contributed by atoms with Crippen LogP contribution in [0.2, 0.25) is 10.2 Å². The number of rotatable bonds is 2. The van der Waals surface area contributed by atoms with Crippen LogP contribution >= 0.6 is 34.5 Å². The largest absolute Gasteiger partial charge is 0.332 e. The van der Waals surface area contributed by atoms with Crippen LogP contribution in [0.15, 0.2) is 29.1 Å². The standard InChI is InChI=1S/C14H12Cl2N2OS/c15-11-7-17-13(16)6-10(11)14(19)18-4-1-2-12(18)9-3-5-20-8-9/h3,5-8,12H,1-2,4H2. The van der Waals surface area contributed by atoms with E-state index in [1.54, 1.807) is 11.3 Å². The molecule has 1 aliphatic heterocycles. The van der Waals surface area contributed by atoms with Gasteiger partial charge in [0.25, 0.3) is 5.91 Å². The van der Waals surface area contributed by atoms with Gasteiger partial charge in [0.1, 0.15) is 5.15 Å². The molecule has 6 heteroatoms. The highest BCUT2D eigenvalue weighted by Crippen LogP contribution is 2.35. The predicted molar refractivity (Wildman–Crippen MR) is 81.6 cm³/mol. The van der Waals surface area contributed by atoms with Gasteiger partial charge in [-0.2, -0.15) is 11.3 Å². The Hall–Kier alpha value is -1.10. The first-order valence-electron chi connectivity index (χ1n) is 6.31. The van der Waals surface area contributed by atoms with Crippen LogP contribution in [0, 0.1) is 0 Å². The SMILES string of the molecule is O=C(c1cc(Cl)ncc1Cl)N1CCCC1c1ccsc1. The number of hydrogen-bond donors (Lipinski definition) is 0. The zero-order valence-corrected chi connectivity index (χ0v) is 12.9. The Labute approximate surface area is 131 Å². The second-order valence-corrected chi connectivity index (χ2v) is 6.27. The molecule has 3 heterocycles. The summed E-state index contributed by atoms with van der Waals surface area (Å²) in [6, 6.07) is 3.74. The van der Waals surface area contributed by atoms with Gasteiger partial charge in [0.15, 0.2) is 0 Å². The third-order valence-corrected chi connectivity index (χ3v) is 4.70. The van der Waals surface area contributed by atoms with Crippen molar-refractivity contribution < 1.29 is 4.79 Å². The van der Waals surface area contributed by atoms with E-state index in [0.717, 1.165) is 19.4 Å². The zero-order chi connectivity index (χ0) is 14.1. The molecule has 2 aromatic rings. The molecule has 1 saturated heterocycles. The Morgan fingerprint density at radius 2 is 2.30 bits per heavy atom. The highest BCUT2D eigenvalue weighted by molar-refractivity contribution is 7.08. The normalized spacial score (nSPS) is 18.5. The topological polar surface area (TPSA) is 33.2 Å². The average Bonchev–Trinajstić information content (AvgIpc) is 3.10. The van der Waals surface area contributed by atoms with Crippen LogP contribution < -0.4 is 0 Å². The summed E-state index contributed by atoms with van der Waals surface area (Å²) >= 11 is 13.6. The maximum atomic E-state index is 12.7. The van der Waals surface area contributed by atoms with E-state index in [1.165, 1.54) is 17.8 Å². The summed E-state index contributed by atoms with van der Waals surface area (Å²) in [5.74, 6) is -0.0759. The molecular weight excluding hydrogens is 315 g/mol. The van der Waals surface area contributed by atoms with Crippen molar-refractivity contribution in [2.75, 3.05) is 6.54 Å². The minimum Gasteiger partial charge on any atom is -0.332 e. The molecule has 2 aromatic heterocycles. The van der Waals surface area contributed by atoms with Crippen LogP contribution in [-0.4, -0.2) is 22.3 Å². The number of carbonyl (C=O) groups excluding carboxylic acids is 1. The van der Waals surface area contributed by atoms with Crippen molar-refractivity contribution in [3.8, 4) is 0 Å². The second kappa shape index (κ2) is 5.72. The molecule has 1 aliphatic rings. The van der Waals surface area contributed by atoms with E-state index < -0.39 is 0 Å². The minimum absolute atomic E-state index is 0.0759. The summed E-state index contributed by atoms with van der Waals surface area (Å²) in [7, 11) is 0. The Morgan fingerprint density at radius 3 is 3.05 bits per heavy atom. The summed E-state index contributed by atoms with van der Waals surface area (Å²) in [5.41, 5.74) is 1.62. The summed E-state index contributed by atoms with van der Waals surface area (Å²) in [6.07, 6.45) is 3.41. The number of likely N-dealkylation sites (tertiary alicyclic amines) is 1. The number of hydrogen-bond acceptors (Lipinski definition) is 3. The maximum absolute atomic E-state index is 12.7. The summed E-state index contributed by atoms with van der Waals surface area (Å²) < 4.78 is 0. The van der Waals surface area contributed by atoms with Crippen LogP contribution in [-0.2, 0) is 0 Å². The monoisotopic (exact) mass is 326 g/mol. The van der Waals surface area contributed by atoms with Crippen molar-refractivity contribution in [3.05, 3.63) is 50.4 Å². The number of carbonyl (C=O) groups is 1. The predicted octanol–water partition coefficient (Wildman–Crippen LogP) is 4.43. The molecule has 0 N–H and O–H groups in total. The Kier molecular flexibility index (Phi) is 3.96. The van der Waals surface area contributed by atoms with E-state index in [-0.39, 0.29) is 17.1 Å². The lowest BCUT2D eigenvalue weighted by atomic mass is 10.1. The zero-order valence-electron chi connectivity index (χ0n) is 10.6. The molecule has 0 radical (unpaired) electrons. The quantitative estimate of drug-likeness (QED) is 0.765.